The summed E-state index contributed by atoms with van der Waals surface area (Å²) in [5.41, 5.74) is 4.46. The molecule has 3 fully saturated rings. The lowest BCUT2D eigenvalue weighted by atomic mass is 9.93. The van der Waals surface area contributed by atoms with Gasteiger partial charge in [0.05, 0.1) is 33.4 Å². The van der Waals surface area contributed by atoms with Gasteiger partial charge < -0.3 is 28.9 Å². The summed E-state index contributed by atoms with van der Waals surface area (Å²) >= 11 is 3.11. The number of benzene rings is 4. The Bertz CT molecular complexity index is 2250. The molecule has 5 heterocycles. The molecule has 4 aromatic carbocycles. The second-order valence-corrected chi connectivity index (χ2v) is 17.8. The van der Waals surface area contributed by atoms with E-state index >= 15 is 0 Å². The Balaban J connectivity index is 0.643. The lowest BCUT2D eigenvalue weighted by Gasteiger charge is -2.36. The molecule has 6 aromatic rings. The number of nitrogens with zero attached hydrogens (tertiary/aromatic N) is 5. The molecule has 58 heavy (non-hydrogen) atoms. The Hall–Kier alpha value is -4.88. The van der Waals surface area contributed by atoms with Gasteiger partial charge in [0.2, 0.25) is 5.91 Å². The first-order chi connectivity index (χ1) is 28.5. The van der Waals surface area contributed by atoms with E-state index in [-0.39, 0.29) is 24.0 Å². The number of thiazole rings is 2. The molecule has 9 rings (SSSR count). The maximum atomic E-state index is 13.1. The topological polar surface area (TPSA) is 97.3 Å². The summed E-state index contributed by atoms with van der Waals surface area (Å²) in [5.74, 6) is 1.88. The minimum atomic E-state index is -0.335. The fourth-order valence-corrected chi connectivity index (χ4v) is 10.2. The maximum absolute atomic E-state index is 13.1. The smallest absolute Gasteiger partial charge is 0.306 e. The molecule has 2 aromatic heterocycles. The van der Waals surface area contributed by atoms with E-state index in [4.69, 9.17) is 14.2 Å². The third-order valence-electron chi connectivity index (χ3n) is 11.8. The predicted octanol–water partition coefficient (Wildman–Crippen LogP) is 8.99. The minimum Gasteiger partial charge on any atom is -0.460 e. The number of carbonyl (C=O) groups is 2. The average Bonchev–Trinajstić information content (AvgIpc) is 3.96. The second-order valence-electron chi connectivity index (χ2n) is 15.8. The van der Waals surface area contributed by atoms with Crippen LogP contribution in [0.3, 0.4) is 0 Å². The lowest BCUT2D eigenvalue weighted by Crippen LogP contribution is -2.46. The Morgan fingerprint density at radius 3 is 1.67 bits per heavy atom. The van der Waals surface area contributed by atoms with Crippen LogP contribution in [0.25, 0.3) is 20.4 Å². The highest BCUT2D eigenvalue weighted by molar-refractivity contribution is 7.20. The Labute approximate surface area is 347 Å². The predicted molar refractivity (Wildman–Crippen MR) is 229 cm³/mol. The van der Waals surface area contributed by atoms with Crippen molar-refractivity contribution in [1.82, 2.24) is 24.7 Å². The van der Waals surface area contributed by atoms with E-state index in [0.29, 0.717) is 35.7 Å². The van der Waals surface area contributed by atoms with Crippen molar-refractivity contribution in [1.29, 1.82) is 0 Å². The van der Waals surface area contributed by atoms with Crippen LogP contribution in [0, 0.1) is 5.92 Å². The van der Waals surface area contributed by atoms with Gasteiger partial charge in [0.15, 0.2) is 0 Å². The number of hydrogen-bond acceptors (Lipinski definition) is 11. The molecular formula is C46H49N5O5S2. The average molecular weight is 816 g/mol. The first-order valence-electron chi connectivity index (χ1n) is 20.6. The molecule has 10 nitrogen and oxygen atoms in total. The highest BCUT2D eigenvalue weighted by atomic mass is 32.1. The molecule has 3 aliphatic heterocycles. The SMILES string of the molecule is O=C(CC1CCN(CCc2ccc(Oc3nc4ccccc4s3)cc2)CC1)OC1CC(=O)N(C2CCN(CCc3ccc(Oc4nc5ccccc5s4)cc3)CC2)C1. The molecule has 1 unspecified atom stereocenters. The molecule has 300 valence electrons. The molecule has 0 aliphatic carbocycles. The quantitative estimate of drug-likeness (QED) is 0.0999. The maximum Gasteiger partial charge on any atom is 0.306 e. The van der Waals surface area contributed by atoms with Gasteiger partial charge in [-0.25, -0.2) is 9.97 Å². The van der Waals surface area contributed by atoms with E-state index in [0.717, 1.165) is 110 Å². The van der Waals surface area contributed by atoms with E-state index in [1.165, 1.54) is 11.1 Å². The van der Waals surface area contributed by atoms with Gasteiger partial charge in [0, 0.05) is 38.6 Å². The summed E-state index contributed by atoms with van der Waals surface area (Å²) in [7, 11) is 0. The highest BCUT2D eigenvalue weighted by Gasteiger charge is 2.38. The number of para-hydroxylation sites is 2. The van der Waals surface area contributed by atoms with E-state index in [9.17, 15) is 9.59 Å². The van der Waals surface area contributed by atoms with E-state index in [2.05, 4.69) is 56.2 Å². The van der Waals surface area contributed by atoms with E-state index in [1.807, 2.05) is 65.6 Å². The van der Waals surface area contributed by atoms with Gasteiger partial charge in [-0.2, -0.15) is 0 Å². The van der Waals surface area contributed by atoms with Crippen molar-refractivity contribution in [2.75, 3.05) is 45.8 Å². The van der Waals surface area contributed by atoms with Gasteiger partial charge in [-0.05, 0) is 117 Å². The Kier molecular flexibility index (Phi) is 12.0. The standard InChI is InChI=1S/C46H49N5O5S2/c52-43-30-38(31-51(43)35-21-27-50(28-22-35)24-18-33-11-15-37(16-12-33)56-46-48-40-6-2-4-8-42(40)58-46)54-44(53)29-34-19-25-49(26-20-34)23-17-32-9-13-36(14-10-32)55-45-47-39-5-1-3-7-41(39)57-45/h1-16,34-35,38H,17-31H2. The van der Waals surface area contributed by atoms with Gasteiger partial charge in [-0.15, -0.1) is 0 Å². The number of aromatic nitrogens is 2. The number of hydrogen-bond donors (Lipinski definition) is 0. The fraction of sp³-hybridized carbons (Fsp3) is 0.391. The zero-order chi connectivity index (χ0) is 39.3. The van der Waals surface area contributed by atoms with Gasteiger partial charge in [-0.1, -0.05) is 71.2 Å². The molecule has 0 spiro atoms. The molecular weight excluding hydrogens is 767 g/mol. The molecule has 0 bridgehead atoms. The van der Waals surface area contributed by atoms with Crippen molar-refractivity contribution in [3.63, 3.8) is 0 Å². The van der Waals surface area contributed by atoms with Gasteiger partial charge in [0.1, 0.15) is 17.6 Å². The van der Waals surface area contributed by atoms with Crippen LogP contribution in [0.4, 0.5) is 0 Å². The first-order valence-corrected chi connectivity index (χ1v) is 22.3. The van der Waals surface area contributed by atoms with Crippen molar-refractivity contribution in [2.45, 2.75) is 63.5 Å². The Morgan fingerprint density at radius 1 is 0.655 bits per heavy atom. The van der Waals surface area contributed by atoms with Crippen LogP contribution in [-0.4, -0.2) is 94.5 Å². The third kappa shape index (κ3) is 9.69. The van der Waals surface area contributed by atoms with Crippen molar-refractivity contribution >= 4 is 55.0 Å². The highest BCUT2D eigenvalue weighted by Crippen LogP contribution is 2.33. The van der Waals surface area contributed by atoms with Crippen LogP contribution >= 0.6 is 22.7 Å². The number of ether oxygens (including phenoxy) is 3. The van der Waals surface area contributed by atoms with Crippen LogP contribution in [0.5, 0.6) is 21.9 Å². The summed E-state index contributed by atoms with van der Waals surface area (Å²) < 4.78 is 20.2. The summed E-state index contributed by atoms with van der Waals surface area (Å²) in [6.07, 6.45) is 6.21. The Morgan fingerprint density at radius 2 is 1.16 bits per heavy atom. The minimum absolute atomic E-state index is 0.119. The number of likely N-dealkylation sites (tertiary alicyclic amines) is 3. The summed E-state index contributed by atoms with van der Waals surface area (Å²) in [4.78, 5) is 42.2. The van der Waals surface area contributed by atoms with Crippen molar-refractivity contribution in [3.8, 4) is 21.9 Å². The zero-order valence-electron chi connectivity index (χ0n) is 32.7. The number of fused-ring (bicyclic) bond motifs is 2. The molecule has 1 atom stereocenters. The number of carbonyl (C=O) groups excluding carboxylic acids is 2. The fourth-order valence-electron chi connectivity index (χ4n) is 8.48. The summed E-state index contributed by atoms with van der Waals surface area (Å²) in [6.45, 7) is 6.39. The molecule has 3 aliphatic rings. The summed E-state index contributed by atoms with van der Waals surface area (Å²) in [6, 6.07) is 32.9. The molecule has 0 saturated carbocycles. The van der Waals surface area contributed by atoms with Crippen LogP contribution in [-0.2, 0) is 27.2 Å². The van der Waals surface area contributed by atoms with Crippen molar-refractivity contribution in [2.24, 2.45) is 5.92 Å². The third-order valence-corrected chi connectivity index (χ3v) is 13.6. The van der Waals surface area contributed by atoms with Crippen molar-refractivity contribution < 1.29 is 23.8 Å². The molecule has 3 saturated heterocycles. The number of amides is 1. The van der Waals surface area contributed by atoms with Crippen LogP contribution < -0.4 is 9.47 Å². The molecule has 1 amide bonds. The largest absolute Gasteiger partial charge is 0.460 e. The van der Waals surface area contributed by atoms with Crippen LogP contribution in [0.15, 0.2) is 97.1 Å². The number of rotatable bonds is 14. The zero-order valence-corrected chi connectivity index (χ0v) is 34.3. The second kappa shape index (κ2) is 17.9. The van der Waals surface area contributed by atoms with Gasteiger partial charge in [0.25, 0.3) is 10.4 Å². The lowest BCUT2D eigenvalue weighted by molar-refractivity contribution is -0.150. The van der Waals surface area contributed by atoms with Crippen LogP contribution in [0.2, 0.25) is 0 Å². The first kappa shape index (κ1) is 38.6. The van der Waals surface area contributed by atoms with E-state index in [1.54, 1.807) is 22.7 Å². The summed E-state index contributed by atoms with van der Waals surface area (Å²) in [5, 5.41) is 1.32. The number of piperidine rings is 2. The monoisotopic (exact) mass is 815 g/mol. The normalized spacial score (nSPS) is 18.7. The molecule has 12 heteroatoms. The molecule has 0 radical (unpaired) electrons. The van der Waals surface area contributed by atoms with Crippen LogP contribution in [0.1, 0.15) is 49.7 Å². The van der Waals surface area contributed by atoms with Crippen molar-refractivity contribution in [3.05, 3.63) is 108 Å². The van der Waals surface area contributed by atoms with E-state index < -0.39 is 0 Å². The van der Waals surface area contributed by atoms with Gasteiger partial charge in [-0.3, -0.25) is 9.59 Å². The molecule has 0 N–H and O–H groups in total. The van der Waals surface area contributed by atoms with Gasteiger partial charge >= 0.3 is 5.97 Å². The number of esters is 1.